The summed E-state index contributed by atoms with van der Waals surface area (Å²) in [6.07, 6.45) is 7.93. The van der Waals surface area contributed by atoms with Gasteiger partial charge in [-0.3, -0.25) is 9.69 Å². The molecule has 2 aromatic rings. The fourth-order valence-corrected chi connectivity index (χ4v) is 8.02. The van der Waals surface area contributed by atoms with Crippen LogP contribution in [0.4, 0.5) is 0 Å². The number of carbonyl (C=O) groups is 2. The monoisotopic (exact) mass is 516 g/mol. The smallest absolute Gasteiger partial charge is 0.222 e. The zero-order valence-corrected chi connectivity index (χ0v) is 22.7. The van der Waals surface area contributed by atoms with E-state index in [4.69, 9.17) is 16.6 Å². The molecule has 2 fully saturated rings. The number of halogens is 1. The minimum Gasteiger partial charge on any atom is -0.336 e. The highest BCUT2D eigenvalue weighted by molar-refractivity contribution is 7.16. The van der Waals surface area contributed by atoms with E-state index in [0.717, 1.165) is 41.8 Å². The van der Waals surface area contributed by atoms with Gasteiger partial charge in [0.1, 0.15) is 11.6 Å². The summed E-state index contributed by atoms with van der Waals surface area (Å²) >= 11 is 7.82. The van der Waals surface area contributed by atoms with E-state index in [9.17, 15) is 9.59 Å². The van der Waals surface area contributed by atoms with Crippen LogP contribution in [0.3, 0.4) is 0 Å². The summed E-state index contributed by atoms with van der Waals surface area (Å²) in [5, 5.41) is 0. The van der Waals surface area contributed by atoms with E-state index in [2.05, 4.69) is 22.5 Å². The number of ketones is 1. The summed E-state index contributed by atoms with van der Waals surface area (Å²) < 4.78 is 3.33. The predicted molar refractivity (Wildman–Crippen MR) is 140 cm³/mol. The number of nitrogens with zero attached hydrogens (tertiary/aromatic N) is 4. The quantitative estimate of drug-likeness (QED) is 0.463. The van der Waals surface area contributed by atoms with Crippen molar-refractivity contribution in [3.8, 4) is 0 Å². The molecule has 3 atom stereocenters. The van der Waals surface area contributed by atoms with Crippen LogP contribution in [0.15, 0.2) is 12.1 Å². The number of piperidine rings is 1. The number of hydrogen-bond donors (Lipinski definition) is 0. The van der Waals surface area contributed by atoms with Gasteiger partial charge in [-0.05, 0) is 64.6 Å². The van der Waals surface area contributed by atoms with Crippen molar-refractivity contribution in [3.05, 3.63) is 38.6 Å². The zero-order chi connectivity index (χ0) is 24.7. The van der Waals surface area contributed by atoms with Gasteiger partial charge < -0.3 is 14.3 Å². The average molecular weight is 517 g/mol. The first-order chi connectivity index (χ1) is 16.8. The van der Waals surface area contributed by atoms with Crippen LogP contribution >= 0.6 is 22.9 Å². The van der Waals surface area contributed by atoms with E-state index in [0.29, 0.717) is 37.5 Å². The van der Waals surface area contributed by atoms with Gasteiger partial charge >= 0.3 is 0 Å². The van der Waals surface area contributed by atoms with Gasteiger partial charge in [-0.1, -0.05) is 18.5 Å². The Morgan fingerprint density at radius 2 is 1.94 bits per heavy atom. The normalized spacial score (nSPS) is 25.0. The molecule has 2 unspecified atom stereocenters. The first-order valence-electron chi connectivity index (χ1n) is 13.2. The Bertz CT molecular complexity index is 1080. The number of aryl methyl sites for hydroxylation is 1. The van der Waals surface area contributed by atoms with Crippen molar-refractivity contribution in [1.82, 2.24) is 19.4 Å². The molecular formula is C27H37ClN4O2S. The van der Waals surface area contributed by atoms with Crippen molar-refractivity contribution < 1.29 is 9.59 Å². The largest absolute Gasteiger partial charge is 0.336 e. The number of fused-ring (bicyclic) bond motifs is 3. The molecule has 1 amide bonds. The second-order valence-corrected chi connectivity index (χ2v) is 12.4. The van der Waals surface area contributed by atoms with E-state index in [1.807, 2.05) is 17.9 Å². The van der Waals surface area contributed by atoms with E-state index >= 15 is 0 Å². The number of aromatic nitrogens is 2. The molecule has 5 heterocycles. The maximum absolute atomic E-state index is 12.2. The van der Waals surface area contributed by atoms with Crippen molar-refractivity contribution in [2.45, 2.75) is 103 Å². The Morgan fingerprint density at radius 1 is 1.20 bits per heavy atom. The summed E-state index contributed by atoms with van der Waals surface area (Å²) in [6.45, 7) is 8.28. The standard InChI is InChI=1S/C27H37ClN4O2S/c1-4-27(34)30-11-10-24-23(16-30)29-18(3)32(24)22-14-20-5-6-21(15-22)31(20)12-9-19(13-17(2)33)25-7-8-26(28)35-25/h7-8,19-22H,4-6,9-16H2,1-3H3/t19-,20?,21?,22?/m1/s1. The number of carbonyl (C=O) groups excluding carboxylic acids is 2. The summed E-state index contributed by atoms with van der Waals surface area (Å²) in [6, 6.07) is 5.75. The third-order valence-electron chi connectivity index (χ3n) is 8.37. The molecule has 0 saturated carbocycles. The van der Waals surface area contributed by atoms with Gasteiger partial charge in [0.2, 0.25) is 5.91 Å². The number of rotatable bonds is 8. The summed E-state index contributed by atoms with van der Waals surface area (Å²) in [5.74, 6) is 1.84. The highest BCUT2D eigenvalue weighted by Gasteiger charge is 2.42. The summed E-state index contributed by atoms with van der Waals surface area (Å²) in [4.78, 5) is 35.0. The molecule has 0 aliphatic carbocycles. The molecule has 3 aliphatic heterocycles. The van der Waals surface area contributed by atoms with Crippen LogP contribution in [0.25, 0.3) is 0 Å². The molecule has 0 radical (unpaired) electrons. The topological polar surface area (TPSA) is 58.4 Å². The molecule has 2 aromatic heterocycles. The maximum Gasteiger partial charge on any atom is 0.222 e. The summed E-state index contributed by atoms with van der Waals surface area (Å²) in [5.41, 5.74) is 2.46. The summed E-state index contributed by atoms with van der Waals surface area (Å²) in [7, 11) is 0. The first-order valence-corrected chi connectivity index (χ1v) is 14.4. The molecule has 35 heavy (non-hydrogen) atoms. The lowest BCUT2D eigenvalue weighted by Crippen LogP contribution is -2.44. The Labute approximate surface area is 217 Å². The van der Waals surface area contributed by atoms with Gasteiger partial charge in [0, 0.05) is 60.4 Å². The lowest BCUT2D eigenvalue weighted by molar-refractivity contribution is -0.131. The minimum absolute atomic E-state index is 0.224. The van der Waals surface area contributed by atoms with E-state index in [1.54, 1.807) is 18.3 Å². The van der Waals surface area contributed by atoms with Gasteiger partial charge in [-0.25, -0.2) is 4.98 Å². The first kappa shape index (κ1) is 25.0. The number of imidazole rings is 1. The fraction of sp³-hybridized carbons (Fsp3) is 0.667. The maximum atomic E-state index is 12.2. The van der Waals surface area contributed by atoms with Crippen LogP contribution < -0.4 is 0 Å². The van der Waals surface area contributed by atoms with E-state index in [-0.39, 0.29) is 17.6 Å². The third kappa shape index (κ3) is 5.09. The highest BCUT2D eigenvalue weighted by atomic mass is 35.5. The molecule has 190 valence electrons. The predicted octanol–water partition coefficient (Wildman–Crippen LogP) is 5.52. The Hall–Kier alpha value is -1.70. The zero-order valence-electron chi connectivity index (χ0n) is 21.1. The number of amides is 1. The Kier molecular flexibility index (Phi) is 7.38. The Balaban J connectivity index is 1.26. The van der Waals surface area contributed by atoms with Gasteiger partial charge in [0.25, 0.3) is 0 Å². The van der Waals surface area contributed by atoms with Gasteiger partial charge in [-0.15, -0.1) is 11.3 Å². The highest BCUT2D eigenvalue weighted by Crippen LogP contribution is 2.43. The van der Waals surface area contributed by atoms with E-state index in [1.165, 1.54) is 36.3 Å². The SMILES string of the molecule is CCC(=O)N1CCc2c(nc(C)n2C2CC3CCC(C2)N3CC[C@H](CC(C)=O)c2ccc(Cl)s2)C1. The van der Waals surface area contributed by atoms with Gasteiger partial charge in [0.05, 0.1) is 16.6 Å². The lowest BCUT2D eigenvalue weighted by atomic mass is 9.93. The van der Waals surface area contributed by atoms with Crippen molar-refractivity contribution in [2.24, 2.45) is 0 Å². The molecular weight excluding hydrogens is 480 g/mol. The van der Waals surface area contributed by atoms with Gasteiger partial charge in [-0.2, -0.15) is 0 Å². The molecule has 3 aliphatic rings. The van der Waals surface area contributed by atoms with Gasteiger partial charge in [0.15, 0.2) is 0 Å². The second kappa shape index (κ2) is 10.3. The molecule has 8 heteroatoms. The van der Waals surface area contributed by atoms with Crippen LogP contribution in [0, 0.1) is 6.92 Å². The second-order valence-electron chi connectivity index (χ2n) is 10.6. The van der Waals surface area contributed by atoms with Crippen LogP contribution in [0.2, 0.25) is 4.34 Å². The number of hydrogen-bond acceptors (Lipinski definition) is 5. The van der Waals surface area contributed by atoms with E-state index < -0.39 is 0 Å². The number of thiophene rings is 1. The number of Topliss-reactive ketones (excluding diaryl/α,β-unsaturated/α-hetero) is 1. The molecule has 2 saturated heterocycles. The molecule has 5 rings (SSSR count). The fourth-order valence-electron chi connectivity index (χ4n) is 6.83. The average Bonchev–Trinajstić information content (AvgIpc) is 3.47. The minimum atomic E-state index is 0.224. The van der Waals surface area contributed by atoms with Crippen molar-refractivity contribution in [1.29, 1.82) is 0 Å². The van der Waals surface area contributed by atoms with Crippen LogP contribution in [0.5, 0.6) is 0 Å². The third-order valence-corrected chi connectivity index (χ3v) is 9.77. The van der Waals surface area contributed by atoms with Crippen LogP contribution in [0.1, 0.15) is 92.8 Å². The van der Waals surface area contributed by atoms with Crippen molar-refractivity contribution in [2.75, 3.05) is 13.1 Å². The molecule has 6 nitrogen and oxygen atoms in total. The van der Waals surface area contributed by atoms with Crippen molar-refractivity contribution in [3.63, 3.8) is 0 Å². The Morgan fingerprint density at radius 3 is 2.57 bits per heavy atom. The molecule has 0 N–H and O–H groups in total. The van der Waals surface area contributed by atoms with Crippen molar-refractivity contribution >= 4 is 34.6 Å². The van der Waals surface area contributed by atoms with Crippen LogP contribution in [-0.4, -0.2) is 56.2 Å². The van der Waals surface area contributed by atoms with Crippen LogP contribution in [-0.2, 0) is 22.6 Å². The molecule has 2 bridgehead atoms. The molecule has 0 aromatic carbocycles. The molecule has 0 spiro atoms. The lowest BCUT2D eigenvalue weighted by Gasteiger charge is -2.41.